The summed E-state index contributed by atoms with van der Waals surface area (Å²) in [6.45, 7) is 1.08. The van der Waals surface area contributed by atoms with Gasteiger partial charge in [0.05, 0.1) is 37.9 Å². The number of hydrogen-bond acceptors (Lipinski definition) is 4. The average molecular weight is 399 g/mol. The Morgan fingerprint density at radius 3 is 2.58 bits per heavy atom. The molecule has 1 aromatic carbocycles. The van der Waals surface area contributed by atoms with E-state index in [1.807, 2.05) is 25.2 Å². The summed E-state index contributed by atoms with van der Waals surface area (Å²) in [5.41, 5.74) is 1.12. The minimum absolute atomic E-state index is 0.161. The highest BCUT2D eigenvalue weighted by atomic mass is 35.5. The van der Waals surface area contributed by atoms with Crippen LogP contribution < -0.4 is 19.7 Å². The van der Waals surface area contributed by atoms with Crippen LogP contribution in [0.25, 0.3) is 0 Å². The molecule has 1 unspecified atom stereocenters. The van der Waals surface area contributed by atoms with Crippen molar-refractivity contribution in [3.05, 3.63) is 46.1 Å². The number of benzene rings is 1. The maximum absolute atomic E-state index is 12.2. The molecular weight excluding hydrogens is 377 g/mol. The molecule has 0 saturated carbocycles. The van der Waals surface area contributed by atoms with Gasteiger partial charge in [0.15, 0.2) is 23.9 Å². The van der Waals surface area contributed by atoms with Crippen molar-refractivity contribution >= 4 is 34.9 Å². The van der Waals surface area contributed by atoms with Crippen molar-refractivity contribution in [3.63, 3.8) is 0 Å². The van der Waals surface area contributed by atoms with E-state index in [0.717, 1.165) is 23.4 Å². The smallest absolute Gasteiger partial charge is 0.280 e. The van der Waals surface area contributed by atoms with Gasteiger partial charge in [0.25, 0.3) is 5.91 Å². The molecule has 0 bridgehead atoms. The maximum Gasteiger partial charge on any atom is 0.280 e. The van der Waals surface area contributed by atoms with Crippen molar-refractivity contribution in [2.45, 2.75) is 6.42 Å². The second kappa shape index (κ2) is 9.62. The lowest BCUT2D eigenvalue weighted by Crippen LogP contribution is -3.10. The number of anilines is 1. The number of likely N-dealkylation sites (N-methyl/N-ethyl adjacent to an activating group) is 1. The molecule has 1 amide bonds. The molecule has 0 saturated heterocycles. The molecule has 1 atom stereocenters. The second-order valence-corrected chi connectivity index (χ2v) is 6.70. The minimum atomic E-state index is -0.161. The largest absolute Gasteiger partial charge is 0.493 e. The zero-order valence-corrected chi connectivity index (χ0v) is 16.4. The lowest BCUT2D eigenvalue weighted by Gasteiger charge is -2.15. The number of nitrogens with one attached hydrogen (secondary N) is 2. The number of quaternary nitrogens is 1. The van der Waals surface area contributed by atoms with Gasteiger partial charge in [-0.1, -0.05) is 29.3 Å². The van der Waals surface area contributed by atoms with E-state index in [1.165, 1.54) is 6.20 Å². The normalized spacial score (nSPS) is 11.7. The highest BCUT2D eigenvalue weighted by Crippen LogP contribution is 2.27. The van der Waals surface area contributed by atoms with Gasteiger partial charge in [0.2, 0.25) is 0 Å². The Morgan fingerprint density at radius 2 is 1.92 bits per heavy atom. The molecule has 26 heavy (non-hydrogen) atoms. The van der Waals surface area contributed by atoms with E-state index >= 15 is 0 Å². The van der Waals surface area contributed by atoms with Crippen LogP contribution in [0.5, 0.6) is 11.5 Å². The summed E-state index contributed by atoms with van der Waals surface area (Å²) < 4.78 is 10.5. The molecule has 2 N–H and O–H groups in total. The second-order valence-electron chi connectivity index (χ2n) is 5.86. The van der Waals surface area contributed by atoms with Crippen LogP contribution >= 0.6 is 23.2 Å². The number of carbonyl (C=O) groups is 1. The fourth-order valence-corrected chi connectivity index (χ4v) is 2.87. The Labute approximate surface area is 163 Å². The number of methoxy groups -OCH3 is 2. The van der Waals surface area contributed by atoms with Crippen LogP contribution in [0.1, 0.15) is 5.56 Å². The molecule has 1 aromatic heterocycles. The van der Waals surface area contributed by atoms with Crippen LogP contribution in [-0.2, 0) is 11.2 Å². The third-order valence-electron chi connectivity index (χ3n) is 3.82. The number of amides is 1. The average Bonchev–Trinajstić information content (AvgIpc) is 2.62. The van der Waals surface area contributed by atoms with Gasteiger partial charge in [0, 0.05) is 12.6 Å². The lowest BCUT2D eigenvalue weighted by molar-refractivity contribution is -0.870. The van der Waals surface area contributed by atoms with Gasteiger partial charge < -0.3 is 19.7 Å². The van der Waals surface area contributed by atoms with Gasteiger partial charge in [-0.05, 0) is 23.8 Å². The van der Waals surface area contributed by atoms with E-state index in [2.05, 4.69) is 10.3 Å². The molecule has 0 fully saturated rings. The number of ether oxygens (including phenoxy) is 2. The van der Waals surface area contributed by atoms with E-state index in [1.54, 1.807) is 20.3 Å². The summed E-state index contributed by atoms with van der Waals surface area (Å²) >= 11 is 11.8. The molecule has 2 rings (SSSR count). The molecule has 8 heteroatoms. The summed E-state index contributed by atoms with van der Waals surface area (Å²) in [5, 5.41) is 3.44. The fourth-order valence-electron chi connectivity index (χ4n) is 2.44. The van der Waals surface area contributed by atoms with Crippen LogP contribution in [0, 0.1) is 0 Å². The van der Waals surface area contributed by atoms with Crippen molar-refractivity contribution in [1.29, 1.82) is 0 Å². The van der Waals surface area contributed by atoms with E-state index in [0.29, 0.717) is 33.9 Å². The van der Waals surface area contributed by atoms with Gasteiger partial charge >= 0.3 is 0 Å². The third kappa shape index (κ3) is 5.76. The summed E-state index contributed by atoms with van der Waals surface area (Å²) in [5.74, 6) is 1.55. The van der Waals surface area contributed by atoms with Crippen LogP contribution in [0.2, 0.25) is 10.0 Å². The molecule has 0 radical (unpaired) electrons. The summed E-state index contributed by atoms with van der Waals surface area (Å²) in [6, 6.07) is 7.36. The molecule has 0 aliphatic carbocycles. The van der Waals surface area contributed by atoms with Crippen LogP contribution in [0.3, 0.4) is 0 Å². The number of carbonyl (C=O) groups excluding carboxylic acids is 1. The molecule has 0 spiro atoms. The molecular formula is C18H22Cl2N3O3+. The van der Waals surface area contributed by atoms with Crippen molar-refractivity contribution < 1.29 is 19.2 Å². The number of rotatable bonds is 8. The minimum Gasteiger partial charge on any atom is -0.493 e. The van der Waals surface area contributed by atoms with Gasteiger partial charge in [-0.3, -0.25) is 4.79 Å². The van der Waals surface area contributed by atoms with E-state index in [4.69, 9.17) is 32.7 Å². The first-order valence-corrected chi connectivity index (χ1v) is 8.81. The van der Waals surface area contributed by atoms with Gasteiger partial charge in [-0.2, -0.15) is 0 Å². The highest BCUT2D eigenvalue weighted by Gasteiger charge is 2.13. The summed E-state index contributed by atoms with van der Waals surface area (Å²) in [4.78, 5) is 17.2. The highest BCUT2D eigenvalue weighted by molar-refractivity contribution is 6.36. The van der Waals surface area contributed by atoms with Crippen LogP contribution in [0.15, 0.2) is 30.5 Å². The molecule has 1 heterocycles. The number of halogens is 2. The Hall–Kier alpha value is -2.02. The molecule has 0 aliphatic rings. The SMILES string of the molecule is COc1ccc(CC[NH+](C)CC(=O)Nc2ncc(Cl)cc2Cl)cc1OC. The van der Waals surface area contributed by atoms with Crippen molar-refractivity contribution in [1.82, 2.24) is 4.98 Å². The number of aromatic nitrogens is 1. The Kier molecular flexibility index (Phi) is 7.50. The van der Waals surface area contributed by atoms with Gasteiger partial charge in [-0.25, -0.2) is 4.98 Å². The molecule has 0 aliphatic heterocycles. The van der Waals surface area contributed by atoms with Crippen LogP contribution in [-0.4, -0.2) is 45.2 Å². The van der Waals surface area contributed by atoms with E-state index in [9.17, 15) is 4.79 Å². The van der Waals surface area contributed by atoms with Crippen molar-refractivity contribution in [2.75, 3.05) is 39.7 Å². The molecule has 140 valence electrons. The lowest BCUT2D eigenvalue weighted by atomic mass is 10.1. The summed E-state index contributed by atoms with van der Waals surface area (Å²) in [7, 11) is 5.17. The standard InChI is InChI=1S/C18H21Cl2N3O3/c1-23(7-6-12-4-5-15(25-2)16(8-12)26-3)11-17(24)22-18-14(20)9-13(19)10-21-18/h4-5,8-10H,6-7,11H2,1-3H3,(H,21,22,24)/p+1. The van der Waals surface area contributed by atoms with Gasteiger partial charge in [-0.15, -0.1) is 0 Å². The van der Waals surface area contributed by atoms with E-state index < -0.39 is 0 Å². The van der Waals surface area contributed by atoms with E-state index in [-0.39, 0.29) is 5.91 Å². The Morgan fingerprint density at radius 1 is 1.19 bits per heavy atom. The molecule has 6 nitrogen and oxygen atoms in total. The first-order chi connectivity index (χ1) is 12.4. The molecule has 2 aromatic rings. The predicted molar refractivity (Wildman–Crippen MR) is 103 cm³/mol. The van der Waals surface area contributed by atoms with Crippen LogP contribution in [0.4, 0.5) is 5.82 Å². The quantitative estimate of drug-likeness (QED) is 0.714. The Bertz CT molecular complexity index is 771. The predicted octanol–water partition coefficient (Wildman–Crippen LogP) is 2.10. The van der Waals surface area contributed by atoms with Crippen molar-refractivity contribution in [3.8, 4) is 11.5 Å². The van der Waals surface area contributed by atoms with Gasteiger partial charge in [0.1, 0.15) is 0 Å². The first-order valence-electron chi connectivity index (χ1n) is 8.06. The summed E-state index contributed by atoms with van der Waals surface area (Å²) in [6.07, 6.45) is 2.25. The number of nitrogens with zero attached hydrogens (tertiary/aromatic N) is 1. The number of hydrogen-bond donors (Lipinski definition) is 2. The number of pyridine rings is 1. The first kappa shape index (κ1) is 20.3. The topological polar surface area (TPSA) is 64.9 Å². The fraction of sp³-hybridized carbons (Fsp3) is 0.333. The monoisotopic (exact) mass is 398 g/mol. The zero-order chi connectivity index (χ0) is 19.1. The Balaban J connectivity index is 1.86. The maximum atomic E-state index is 12.2. The third-order valence-corrected chi connectivity index (χ3v) is 4.31. The van der Waals surface area contributed by atoms with Crippen molar-refractivity contribution in [2.24, 2.45) is 0 Å². The zero-order valence-electron chi connectivity index (χ0n) is 14.9.